The summed E-state index contributed by atoms with van der Waals surface area (Å²) < 4.78 is 0. The van der Waals surface area contributed by atoms with Crippen molar-refractivity contribution >= 4 is 5.97 Å². The Balaban J connectivity index is 3.44. The summed E-state index contributed by atoms with van der Waals surface area (Å²) in [5.74, 6) is -0.501. The van der Waals surface area contributed by atoms with Crippen molar-refractivity contribution in [2.24, 2.45) is 11.1 Å². The van der Waals surface area contributed by atoms with E-state index in [1.165, 1.54) is 0 Å². The Morgan fingerprint density at radius 3 is 2.85 bits per heavy atom. The first kappa shape index (κ1) is 11.8. The van der Waals surface area contributed by atoms with Crippen molar-refractivity contribution in [3.05, 3.63) is 17.1 Å². The van der Waals surface area contributed by atoms with Crippen LogP contribution >= 0.6 is 0 Å². The highest BCUT2D eigenvalue weighted by Crippen LogP contribution is 2.10. The molecule has 1 atom stereocenters. The lowest BCUT2D eigenvalue weighted by molar-refractivity contribution is -0.131. The monoisotopic (exact) mass is 185 g/mol. The Morgan fingerprint density at radius 2 is 2.31 bits per heavy atom. The van der Waals surface area contributed by atoms with E-state index in [4.69, 9.17) is 5.11 Å². The summed E-state index contributed by atoms with van der Waals surface area (Å²) in [6.45, 7) is 2.38. The number of carboxylic acid groups (broad SMARTS) is 1. The number of carbonyl (C=O) groups is 1. The van der Waals surface area contributed by atoms with Crippen molar-refractivity contribution in [1.82, 2.24) is 0 Å². The normalized spacial score (nSPS) is 13.0. The first-order valence-electron chi connectivity index (χ1n) is 4.35. The lowest BCUT2D eigenvalue weighted by atomic mass is 10.0. The standard InChI is InChI=1S/C9H15NO3/c1-8(5-3-7-10-13)4-2-6-9(11)12/h2,6,8H,3-5,7H2,1H3,(H,11,12)/b6-2+/t8-/m1/s1. The molecule has 0 aromatic carbocycles. The molecule has 0 saturated carbocycles. The van der Waals surface area contributed by atoms with Gasteiger partial charge in [-0.25, -0.2) is 4.79 Å². The fourth-order valence-corrected chi connectivity index (χ4v) is 1.02. The molecule has 0 aromatic rings. The maximum absolute atomic E-state index is 10.1. The van der Waals surface area contributed by atoms with Crippen LogP contribution in [-0.4, -0.2) is 17.6 Å². The molecule has 13 heavy (non-hydrogen) atoms. The average Bonchev–Trinajstić information content (AvgIpc) is 2.04. The quantitative estimate of drug-likeness (QED) is 0.375. The highest BCUT2D eigenvalue weighted by atomic mass is 16.4. The van der Waals surface area contributed by atoms with Crippen molar-refractivity contribution in [2.75, 3.05) is 6.54 Å². The van der Waals surface area contributed by atoms with Gasteiger partial charge in [-0.15, -0.1) is 0 Å². The second-order valence-electron chi connectivity index (χ2n) is 3.08. The lowest BCUT2D eigenvalue weighted by Crippen LogP contribution is -1.95. The summed E-state index contributed by atoms with van der Waals surface area (Å²) >= 11 is 0. The van der Waals surface area contributed by atoms with E-state index < -0.39 is 5.97 Å². The molecule has 0 aliphatic rings. The summed E-state index contributed by atoms with van der Waals surface area (Å²) in [5.41, 5.74) is 0. The maximum atomic E-state index is 10.1. The number of rotatable bonds is 7. The second kappa shape index (κ2) is 7.46. The maximum Gasteiger partial charge on any atom is 0.327 e. The zero-order valence-electron chi connectivity index (χ0n) is 7.77. The van der Waals surface area contributed by atoms with Crippen molar-refractivity contribution < 1.29 is 9.90 Å². The Kier molecular flexibility index (Phi) is 6.78. The van der Waals surface area contributed by atoms with E-state index in [-0.39, 0.29) is 0 Å². The molecular weight excluding hydrogens is 170 g/mol. The summed E-state index contributed by atoms with van der Waals surface area (Å²) in [6.07, 6.45) is 5.22. The molecule has 0 aliphatic heterocycles. The number of allylic oxidation sites excluding steroid dienone is 1. The topological polar surface area (TPSA) is 66.7 Å². The molecule has 0 spiro atoms. The van der Waals surface area contributed by atoms with Crippen LogP contribution in [0.3, 0.4) is 0 Å². The van der Waals surface area contributed by atoms with E-state index in [9.17, 15) is 9.70 Å². The first-order valence-corrected chi connectivity index (χ1v) is 4.35. The van der Waals surface area contributed by atoms with Gasteiger partial charge in [0.1, 0.15) is 0 Å². The number of aliphatic carboxylic acids is 1. The molecule has 4 heteroatoms. The van der Waals surface area contributed by atoms with Gasteiger partial charge in [-0.1, -0.05) is 18.2 Å². The Hall–Kier alpha value is -1.19. The molecule has 0 aliphatic carbocycles. The largest absolute Gasteiger partial charge is 0.478 e. The number of hydrogen-bond donors (Lipinski definition) is 1. The molecule has 4 nitrogen and oxygen atoms in total. The van der Waals surface area contributed by atoms with Gasteiger partial charge in [-0.3, -0.25) is 0 Å². The molecule has 0 unspecified atom stereocenters. The van der Waals surface area contributed by atoms with Crippen molar-refractivity contribution in [1.29, 1.82) is 0 Å². The molecule has 0 bridgehead atoms. The van der Waals surface area contributed by atoms with Gasteiger partial charge in [-0.05, 0) is 25.2 Å². The molecule has 0 rings (SSSR count). The predicted molar refractivity (Wildman–Crippen MR) is 50.5 cm³/mol. The number of nitrogens with zero attached hydrogens (tertiary/aromatic N) is 1. The fraction of sp³-hybridized carbons (Fsp3) is 0.667. The van der Waals surface area contributed by atoms with Crippen LogP contribution in [0.5, 0.6) is 0 Å². The van der Waals surface area contributed by atoms with Crippen molar-refractivity contribution in [3.8, 4) is 0 Å². The minimum atomic E-state index is -0.915. The molecule has 0 radical (unpaired) electrons. The number of nitroso groups, excluding NO2 is 1. The Bertz CT molecular complexity index is 189. The second-order valence-corrected chi connectivity index (χ2v) is 3.08. The minimum Gasteiger partial charge on any atom is -0.478 e. The van der Waals surface area contributed by atoms with Crippen LogP contribution in [0.25, 0.3) is 0 Å². The molecule has 0 saturated heterocycles. The van der Waals surface area contributed by atoms with Crippen LogP contribution in [0.2, 0.25) is 0 Å². The van der Waals surface area contributed by atoms with Crippen LogP contribution < -0.4 is 0 Å². The summed E-state index contributed by atoms with van der Waals surface area (Å²) in [5, 5.41) is 11.1. The summed E-state index contributed by atoms with van der Waals surface area (Å²) in [6, 6.07) is 0. The molecule has 0 heterocycles. The van der Waals surface area contributed by atoms with Gasteiger partial charge in [0.2, 0.25) is 0 Å². The third kappa shape index (κ3) is 8.72. The molecule has 0 amide bonds. The third-order valence-electron chi connectivity index (χ3n) is 1.75. The highest BCUT2D eigenvalue weighted by molar-refractivity contribution is 5.79. The van der Waals surface area contributed by atoms with Crippen LogP contribution in [0.4, 0.5) is 0 Å². The lowest BCUT2D eigenvalue weighted by Gasteiger charge is -2.05. The van der Waals surface area contributed by atoms with Gasteiger partial charge in [0.15, 0.2) is 0 Å². The highest BCUT2D eigenvalue weighted by Gasteiger charge is 1.99. The minimum absolute atomic E-state index is 0.354. The molecular formula is C9H15NO3. The van der Waals surface area contributed by atoms with Gasteiger partial charge in [-0.2, -0.15) is 4.91 Å². The van der Waals surface area contributed by atoms with Gasteiger partial charge in [0.05, 0.1) is 6.54 Å². The van der Waals surface area contributed by atoms with Gasteiger partial charge in [0.25, 0.3) is 0 Å². The van der Waals surface area contributed by atoms with Crippen molar-refractivity contribution in [2.45, 2.75) is 26.2 Å². The van der Waals surface area contributed by atoms with E-state index in [1.54, 1.807) is 6.08 Å². The molecule has 0 fully saturated rings. The summed E-state index contributed by atoms with van der Waals surface area (Å²) in [7, 11) is 0. The first-order chi connectivity index (χ1) is 6.16. The average molecular weight is 185 g/mol. The number of hydrogen-bond acceptors (Lipinski definition) is 3. The van der Waals surface area contributed by atoms with E-state index in [0.29, 0.717) is 12.5 Å². The van der Waals surface area contributed by atoms with Crippen LogP contribution in [0.15, 0.2) is 17.3 Å². The van der Waals surface area contributed by atoms with Gasteiger partial charge < -0.3 is 5.11 Å². The zero-order chi connectivity index (χ0) is 10.1. The molecule has 74 valence electrons. The zero-order valence-corrected chi connectivity index (χ0v) is 7.77. The number of carboxylic acids is 1. The van der Waals surface area contributed by atoms with E-state index in [0.717, 1.165) is 25.3 Å². The van der Waals surface area contributed by atoms with Crippen LogP contribution in [-0.2, 0) is 4.79 Å². The predicted octanol–water partition coefficient (Wildman–Crippen LogP) is 2.20. The van der Waals surface area contributed by atoms with Crippen LogP contribution in [0.1, 0.15) is 26.2 Å². The van der Waals surface area contributed by atoms with Crippen LogP contribution in [0, 0.1) is 10.8 Å². The van der Waals surface area contributed by atoms with Gasteiger partial charge >= 0.3 is 5.97 Å². The molecule has 0 aromatic heterocycles. The van der Waals surface area contributed by atoms with E-state index in [1.807, 2.05) is 6.92 Å². The Labute approximate surface area is 77.6 Å². The van der Waals surface area contributed by atoms with E-state index in [2.05, 4.69) is 5.18 Å². The fourth-order valence-electron chi connectivity index (χ4n) is 1.02. The van der Waals surface area contributed by atoms with Crippen molar-refractivity contribution in [3.63, 3.8) is 0 Å². The van der Waals surface area contributed by atoms with E-state index >= 15 is 0 Å². The molecule has 1 N–H and O–H groups in total. The van der Waals surface area contributed by atoms with Gasteiger partial charge in [0, 0.05) is 6.08 Å². The smallest absolute Gasteiger partial charge is 0.327 e. The Morgan fingerprint density at radius 1 is 1.62 bits per heavy atom. The SMILES string of the molecule is C[C@H](C/C=C/C(=O)O)CCCN=O. The third-order valence-corrected chi connectivity index (χ3v) is 1.75. The summed E-state index contributed by atoms with van der Waals surface area (Å²) in [4.78, 5) is 19.8.